The highest BCUT2D eigenvalue weighted by Crippen LogP contribution is 2.18. The number of Topliss-reactive ketones (excluding diaryl/α,β-unsaturated/α-hetero) is 1. The van der Waals surface area contributed by atoms with Gasteiger partial charge in [-0.15, -0.1) is 0 Å². The molecule has 0 radical (unpaired) electrons. The van der Waals surface area contributed by atoms with Crippen LogP contribution in [-0.2, 0) is 0 Å². The van der Waals surface area contributed by atoms with Gasteiger partial charge in [0.2, 0.25) is 5.78 Å². The second-order valence-electron chi connectivity index (χ2n) is 4.67. The van der Waals surface area contributed by atoms with Gasteiger partial charge in [0.1, 0.15) is 11.6 Å². The van der Waals surface area contributed by atoms with E-state index in [1.165, 1.54) is 24.3 Å². The zero-order chi connectivity index (χ0) is 16.1. The maximum absolute atomic E-state index is 12.4. The fourth-order valence-corrected chi connectivity index (χ4v) is 2.02. The number of hydrogen-bond donors (Lipinski definition) is 0. The second kappa shape index (κ2) is 6.46. The van der Waals surface area contributed by atoms with Crippen LogP contribution in [0.15, 0.2) is 54.1 Å². The summed E-state index contributed by atoms with van der Waals surface area (Å²) in [6.07, 6.45) is 1.36. The fraction of sp³-hybridized carbons (Fsp3) is 0.0588. The Balaban J connectivity index is 2.42. The molecule has 22 heavy (non-hydrogen) atoms. The molecule has 0 spiro atoms. The molecule has 0 bridgehead atoms. The van der Waals surface area contributed by atoms with Crippen LogP contribution in [0.1, 0.15) is 21.5 Å². The number of nitro groups is 1. The van der Waals surface area contributed by atoms with Gasteiger partial charge in [0.25, 0.3) is 5.69 Å². The molecule has 0 aliphatic carbocycles. The summed E-state index contributed by atoms with van der Waals surface area (Å²) in [6.45, 7) is 1.79. The maximum Gasteiger partial charge on any atom is 0.270 e. The fourth-order valence-electron chi connectivity index (χ4n) is 2.02. The van der Waals surface area contributed by atoms with Gasteiger partial charge >= 0.3 is 0 Å². The predicted octanol–water partition coefficient (Wildman–Crippen LogP) is 3.69. The van der Waals surface area contributed by atoms with Crippen molar-refractivity contribution < 1.29 is 9.72 Å². The molecule has 108 valence electrons. The van der Waals surface area contributed by atoms with Crippen molar-refractivity contribution in [3.8, 4) is 6.07 Å². The second-order valence-corrected chi connectivity index (χ2v) is 4.67. The van der Waals surface area contributed by atoms with Crippen molar-refractivity contribution in [2.45, 2.75) is 6.92 Å². The molecule has 0 atom stereocenters. The van der Waals surface area contributed by atoms with Gasteiger partial charge in [-0.1, -0.05) is 36.4 Å². The molecule has 2 aromatic carbocycles. The van der Waals surface area contributed by atoms with E-state index in [1.54, 1.807) is 31.2 Å². The van der Waals surface area contributed by atoms with E-state index in [2.05, 4.69) is 0 Å². The topological polar surface area (TPSA) is 84.0 Å². The summed E-state index contributed by atoms with van der Waals surface area (Å²) in [5, 5.41) is 20.0. The molecule has 0 aliphatic heterocycles. The Hall–Kier alpha value is -3.26. The minimum Gasteiger partial charge on any atom is -0.288 e. The molecule has 0 saturated heterocycles. The lowest BCUT2D eigenvalue weighted by Gasteiger charge is -2.03. The first-order valence-electron chi connectivity index (χ1n) is 6.49. The van der Waals surface area contributed by atoms with Crippen molar-refractivity contribution in [3.05, 3.63) is 80.9 Å². The van der Waals surface area contributed by atoms with Crippen LogP contribution in [0.4, 0.5) is 5.69 Å². The smallest absolute Gasteiger partial charge is 0.270 e. The molecule has 5 nitrogen and oxygen atoms in total. The predicted molar refractivity (Wildman–Crippen MR) is 82.2 cm³/mol. The van der Waals surface area contributed by atoms with E-state index in [0.29, 0.717) is 11.1 Å². The van der Waals surface area contributed by atoms with Gasteiger partial charge in [-0.3, -0.25) is 14.9 Å². The largest absolute Gasteiger partial charge is 0.288 e. The summed E-state index contributed by atoms with van der Waals surface area (Å²) in [7, 11) is 0. The zero-order valence-electron chi connectivity index (χ0n) is 11.8. The minimum absolute atomic E-state index is 0.0604. The molecule has 0 heterocycles. The lowest BCUT2D eigenvalue weighted by atomic mass is 9.98. The van der Waals surface area contributed by atoms with Crippen molar-refractivity contribution in [3.63, 3.8) is 0 Å². The van der Waals surface area contributed by atoms with E-state index in [1.807, 2.05) is 12.1 Å². The van der Waals surface area contributed by atoms with Crippen LogP contribution in [0.3, 0.4) is 0 Å². The number of rotatable bonds is 4. The number of nitrogens with zero attached hydrogens (tertiary/aromatic N) is 2. The standard InChI is InChI=1S/C17H12N2O3/c1-12-5-2-3-8-16(12)17(20)14(11-18)9-13-6-4-7-15(10-13)19(21)22/h2-10H,1H3/b14-9+. The average Bonchev–Trinajstić information content (AvgIpc) is 2.52. The SMILES string of the molecule is Cc1ccccc1C(=O)/C(C#N)=C/c1cccc([N+](=O)[O-])c1. The summed E-state index contributed by atoms with van der Waals surface area (Å²) in [4.78, 5) is 22.6. The molecular weight excluding hydrogens is 280 g/mol. The number of hydrogen-bond acceptors (Lipinski definition) is 4. The molecule has 0 aliphatic rings. The average molecular weight is 292 g/mol. The summed E-state index contributed by atoms with van der Waals surface area (Å²) in [5.41, 5.74) is 1.50. The van der Waals surface area contributed by atoms with Crippen molar-refractivity contribution in [1.29, 1.82) is 5.26 Å². The number of allylic oxidation sites excluding steroid dienone is 1. The number of ketones is 1. The number of nitro benzene ring substituents is 1. The van der Waals surface area contributed by atoms with Crippen LogP contribution < -0.4 is 0 Å². The third-order valence-electron chi connectivity index (χ3n) is 3.15. The lowest BCUT2D eigenvalue weighted by molar-refractivity contribution is -0.384. The Morgan fingerprint density at radius 1 is 1.23 bits per heavy atom. The molecule has 0 fully saturated rings. The van der Waals surface area contributed by atoms with Crippen LogP contribution in [0.25, 0.3) is 6.08 Å². The van der Waals surface area contributed by atoms with Crippen LogP contribution in [0, 0.1) is 28.4 Å². The van der Waals surface area contributed by atoms with Crippen molar-refractivity contribution in [2.75, 3.05) is 0 Å². The first-order valence-corrected chi connectivity index (χ1v) is 6.49. The summed E-state index contributed by atoms with van der Waals surface area (Å²) in [5.74, 6) is -0.396. The molecule has 0 N–H and O–H groups in total. The van der Waals surface area contributed by atoms with Gasteiger partial charge in [0.15, 0.2) is 0 Å². The molecule has 0 saturated carbocycles. The zero-order valence-corrected chi connectivity index (χ0v) is 11.8. The number of aryl methyl sites for hydroxylation is 1. The van der Waals surface area contributed by atoms with Gasteiger partial charge in [-0.05, 0) is 24.1 Å². The highest BCUT2D eigenvalue weighted by Gasteiger charge is 2.14. The van der Waals surface area contributed by atoms with Crippen molar-refractivity contribution in [2.24, 2.45) is 0 Å². The number of nitriles is 1. The third-order valence-corrected chi connectivity index (χ3v) is 3.15. The molecule has 0 aromatic heterocycles. The molecular formula is C17H12N2O3. The molecule has 2 aromatic rings. The molecule has 0 amide bonds. The van der Waals surface area contributed by atoms with E-state index < -0.39 is 10.7 Å². The number of carbonyl (C=O) groups excluding carboxylic acids is 1. The Morgan fingerprint density at radius 2 is 1.95 bits per heavy atom. The molecule has 2 rings (SSSR count). The minimum atomic E-state index is -0.521. The number of carbonyl (C=O) groups is 1. The van der Waals surface area contributed by atoms with Crippen LogP contribution in [0.5, 0.6) is 0 Å². The Morgan fingerprint density at radius 3 is 2.59 bits per heavy atom. The van der Waals surface area contributed by atoms with E-state index in [4.69, 9.17) is 0 Å². The number of benzene rings is 2. The Labute approximate surface area is 127 Å². The van der Waals surface area contributed by atoms with Gasteiger partial charge in [0, 0.05) is 17.7 Å². The van der Waals surface area contributed by atoms with Gasteiger partial charge in [-0.2, -0.15) is 5.26 Å². The highest BCUT2D eigenvalue weighted by molar-refractivity contribution is 6.14. The Bertz CT molecular complexity index is 817. The normalized spacial score (nSPS) is 10.8. The van der Waals surface area contributed by atoms with Gasteiger partial charge in [0.05, 0.1) is 4.92 Å². The quantitative estimate of drug-likeness (QED) is 0.283. The van der Waals surface area contributed by atoms with Crippen LogP contribution >= 0.6 is 0 Å². The third kappa shape index (κ3) is 3.25. The highest BCUT2D eigenvalue weighted by atomic mass is 16.6. The molecule has 0 unspecified atom stereocenters. The number of non-ortho nitro benzene ring substituents is 1. The first kappa shape index (κ1) is 15.1. The summed E-state index contributed by atoms with van der Waals surface area (Å²) < 4.78 is 0. The summed E-state index contributed by atoms with van der Waals surface area (Å²) in [6, 6.07) is 14.6. The van der Waals surface area contributed by atoms with E-state index >= 15 is 0 Å². The molecule has 5 heteroatoms. The van der Waals surface area contributed by atoms with Crippen molar-refractivity contribution >= 4 is 17.5 Å². The van der Waals surface area contributed by atoms with Crippen LogP contribution in [0.2, 0.25) is 0 Å². The summed E-state index contributed by atoms with van der Waals surface area (Å²) >= 11 is 0. The first-order chi connectivity index (χ1) is 10.5. The lowest BCUT2D eigenvalue weighted by Crippen LogP contribution is -2.04. The van der Waals surface area contributed by atoms with Gasteiger partial charge < -0.3 is 0 Å². The monoisotopic (exact) mass is 292 g/mol. The van der Waals surface area contributed by atoms with Gasteiger partial charge in [-0.25, -0.2) is 0 Å². The maximum atomic E-state index is 12.4. The van der Waals surface area contributed by atoms with E-state index in [9.17, 15) is 20.2 Å². The van der Waals surface area contributed by atoms with E-state index in [-0.39, 0.29) is 11.3 Å². The van der Waals surface area contributed by atoms with Crippen LogP contribution in [-0.4, -0.2) is 10.7 Å². The van der Waals surface area contributed by atoms with E-state index in [0.717, 1.165) is 5.56 Å². The Kier molecular flexibility index (Phi) is 4.44. The van der Waals surface area contributed by atoms with Crippen molar-refractivity contribution in [1.82, 2.24) is 0 Å².